The van der Waals surface area contributed by atoms with Crippen molar-refractivity contribution in [2.75, 3.05) is 12.0 Å². The summed E-state index contributed by atoms with van der Waals surface area (Å²) in [5.74, 6) is 0.404. The molecule has 2 rings (SSSR count). The van der Waals surface area contributed by atoms with Crippen LogP contribution in [0.3, 0.4) is 0 Å². The molecule has 1 aromatic rings. The van der Waals surface area contributed by atoms with Crippen LogP contribution in [0.25, 0.3) is 0 Å². The molecule has 4 nitrogen and oxygen atoms in total. The predicted molar refractivity (Wildman–Crippen MR) is 84.3 cm³/mol. The van der Waals surface area contributed by atoms with Crippen LogP contribution in [-0.4, -0.2) is 29.8 Å². The molecule has 1 heterocycles. The molecule has 0 spiro atoms. The zero-order valence-electron chi connectivity index (χ0n) is 13.5. The van der Waals surface area contributed by atoms with Crippen LogP contribution in [0.15, 0.2) is 18.2 Å². The maximum Gasteiger partial charge on any atom is 0.326 e. The Morgan fingerprint density at radius 2 is 2.19 bits per heavy atom. The molecule has 116 valence electrons. The van der Waals surface area contributed by atoms with E-state index >= 15 is 0 Å². The number of carboxylic acid groups (broad SMARTS) is 1. The van der Waals surface area contributed by atoms with E-state index < -0.39 is 12.0 Å². The number of benzene rings is 1. The number of ether oxygens (including phenoxy) is 1. The number of hydrogen-bond acceptors (Lipinski definition) is 3. The fraction of sp³-hybridized carbons (Fsp3) is 0.588. The molecule has 0 unspecified atom stereocenters. The van der Waals surface area contributed by atoms with E-state index in [0.29, 0.717) is 12.3 Å². The summed E-state index contributed by atoms with van der Waals surface area (Å²) in [6, 6.07) is 5.47. The van der Waals surface area contributed by atoms with E-state index in [-0.39, 0.29) is 5.54 Å². The lowest BCUT2D eigenvalue weighted by atomic mass is 9.79. The molecule has 4 heteroatoms. The largest absolute Gasteiger partial charge is 0.497 e. The van der Waals surface area contributed by atoms with Crippen molar-refractivity contribution in [3.63, 3.8) is 0 Å². The van der Waals surface area contributed by atoms with Gasteiger partial charge in [-0.25, -0.2) is 4.79 Å². The number of hydrogen-bond donors (Lipinski definition) is 1. The molecular formula is C17H25NO3. The molecule has 1 aromatic carbocycles. The van der Waals surface area contributed by atoms with Crippen LogP contribution >= 0.6 is 0 Å². The van der Waals surface area contributed by atoms with Gasteiger partial charge in [0.15, 0.2) is 0 Å². The standard InChI is InChI=1S/C17H25NO3/c1-6-14(16(19)20)18-15-9-12(21-5)7-8-13(15)11(2)10-17(18,3)4/h7-9,11,14H,6,10H2,1-5H3,(H,19,20)/t11-,14-/m0/s1. The fourth-order valence-electron chi connectivity index (χ4n) is 3.62. The van der Waals surface area contributed by atoms with Crippen molar-refractivity contribution >= 4 is 11.7 Å². The minimum atomic E-state index is -0.770. The smallest absolute Gasteiger partial charge is 0.326 e. The molecule has 0 fully saturated rings. The van der Waals surface area contributed by atoms with Gasteiger partial charge in [0.25, 0.3) is 0 Å². The molecule has 1 aliphatic rings. The highest BCUT2D eigenvalue weighted by molar-refractivity contribution is 5.80. The monoisotopic (exact) mass is 291 g/mol. The fourth-order valence-corrected chi connectivity index (χ4v) is 3.62. The highest BCUT2D eigenvalue weighted by Gasteiger charge is 2.41. The summed E-state index contributed by atoms with van der Waals surface area (Å²) in [5, 5.41) is 9.60. The molecule has 1 aliphatic heterocycles. The molecule has 0 aromatic heterocycles. The van der Waals surface area contributed by atoms with Crippen LogP contribution in [0.5, 0.6) is 5.75 Å². The zero-order valence-corrected chi connectivity index (χ0v) is 13.5. The molecule has 0 aliphatic carbocycles. The molecule has 2 atom stereocenters. The summed E-state index contributed by atoms with van der Waals surface area (Å²) >= 11 is 0. The van der Waals surface area contributed by atoms with E-state index in [2.05, 4.69) is 31.7 Å². The second kappa shape index (κ2) is 5.58. The number of methoxy groups -OCH3 is 1. The minimum absolute atomic E-state index is 0.197. The van der Waals surface area contributed by atoms with Crippen LogP contribution in [0.1, 0.15) is 52.0 Å². The number of rotatable bonds is 4. The van der Waals surface area contributed by atoms with Gasteiger partial charge in [0, 0.05) is 17.3 Å². The summed E-state index contributed by atoms with van der Waals surface area (Å²) in [7, 11) is 1.64. The molecule has 0 saturated carbocycles. The third-order valence-electron chi connectivity index (χ3n) is 4.47. The molecule has 0 amide bonds. The Hall–Kier alpha value is -1.71. The Morgan fingerprint density at radius 3 is 2.71 bits per heavy atom. The summed E-state index contributed by atoms with van der Waals surface area (Å²) < 4.78 is 5.33. The van der Waals surface area contributed by atoms with Crippen molar-refractivity contribution in [1.29, 1.82) is 0 Å². The van der Waals surface area contributed by atoms with E-state index in [1.807, 2.05) is 19.1 Å². The first-order valence-electron chi connectivity index (χ1n) is 7.52. The van der Waals surface area contributed by atoms with Crippen LogP contribution in [0.4, 0.5) is 5.69 Å². The number of fused-ring (bicyclic) bond motifs is 1. The number of aliphatic carboxylic acids is 1. The van der Waals surface area contributed by atoms with Gasteiger partial charge in [0.05, 0.1) is 7.11 Å². The van der Waals surface area contributed by atoms with Crippen molar-refractivity contribution in [2.45, 2.75) is 58.0 Å². The predicted octanol–water partition coefficient (Wildman–Crippen LogP) is 3.65. The summed E-state index contributed by atoms with van der Waals surface area (Å²) in [6.07, 6.45) is 1.51. The van der Waals surface area contributed by atoms with Gasteiger partial charge in [0.1, 0.15) is 11.8 Å². The Labute approximate surface area is 126 Å². The van der Waals surface area contributed by atoms with Crippen LogP contribution in [0.2, 0.25) is 0 Å². The van der Waals surface area contributed by atoms with Gasteiger partial charge in [-0.2, -0.15) is 0 Å². The maximum absolute atomic E-state index is 11.7. The SMILES string of the molecule is CC[C@@H](C(=O)O)N1c2cc(OC)ccc2[C@@H](C)CC1(C)C. The Kier molecular flexibility index (Phi) is 4.17. The van der Waals surface area contributed by atoms with E-state index in [0.717, 1.165) is 17.9 Å². The molecule has 21 heavy (non-hydrogen) atoms. The van der Waals surface area contributed by atoms with E-state index in [9.17, 15) is 9.90 Å². The van der Waals surface area contributed by atoms with E-state index in [4.69, 9.17) is 4.74 Å². The average Bonchev–Trinajstić information content (AvgIpc) is 2.41. The second-order valence-corrected chi connectivity index (χ2v) is 6.47. The minimum Gasteiger partial charge on any atom is -0.497 e. The third kappa shape index (κ3) is 2.71. The first kappa shape index (κ1) is 15.7. The highest BCUT2D eigenvalue weighted by Crippen LogP contribution is 2.46. The topological polar surface area (TPSA) is 49.8 Å². The first-order chi connectivity index (χ1) is 9.81. The Bertz CT molecular complexity index is 539. The van der Waals surface area contributed by atoms with Crippen molar-refractivity contribution in [2.24, 2.45) is 0 Å². The lowest BCUT2D eigenvalue weighted by Crippen LogP contribution is -2.56. The van der Waals surface area contributed by atoms with Crippen molar-refractivity contribution in [3.05, 3.63) is 23.8 Å². The van der Waals surface area contributed by atoms with Crippen LogP contribution in [-0.2, 0) is 4.79 Å². The van der Waals surface area contributed by atoms with Gasteiger partial charge in [-0.1, -0.05) is 19.9 Å². The lowest BCUT2D eigenvalue weighted by Gasteiger charge is -2.50. The van der Waals surface area contributed by atoms with Gasteiger partial charge >= 0.3 is 5.97 Å². The molecule has 0 bridgehead atoms. The molecule has 0 radical (unpaired) electrons. The normalized spacial score (nSPS) is 21.6. The number of carbonyl (C=O) groups is 1. The molecular weight excluding hydrogens is 266 g/mol. The maximum atomic E-state index is 11.7. The Balaban J connectivity index is 2.61. The van der Waals surface area contributed by atoms with E-state index in [1.54, 1.807) is 7.11 Å². The van der Waals surface area contributed by atoms with Crippen LogP contribution in [0, 0.1) is 0 Å². The summed E-state index contributed by atoms with van der Waals surface area (Å²) in [5.41, 5.74) is 2.00. The summed E-state index contributed by atoms with van der Waals surface area (Å²) in [4.78, 5) is 13.8. The van der Waals surface area contributed by atoms with Crippen molar-refractivity contribution < 1.29 is 14.6 Å². The quantitative estimate of drug-likeness (QED) is 0.920. The van der Waals surface area contributed by atoms with Gasteiger partial charge in [-0.15, -0.1) is 0 Å². The molecule has 1 N–H and O–H groups in total. The zero-order chi connectivity index (χ0) is 15.8. The summed E-state index contributed by atoms with van der Waals surface area (Å²) in [6.45, 7) is 8.37. The number of anilines is 1. The lowest BCUT2D eigenvalue weighted by molar-refractivity contribution is -0.139. The Morgan fingerprint density at radius 1 is 1.52 bits per heavy atom. The molecule has 0 saturated heterocycles. The van der Waals surface area contributed by atoms with E-state index in [1.165, 1.54) is 5.56 Å². The van der Waals surface area contributed by atoms with Gasteiger partial charge in [-0.3, -0.25) is 0 Å². The van der Waals surface area contributed by atoms with Crippen LogP contribution < -0.4 is 9.64 Å². The van der Waals surface area contributed by atoms with Crippen molar-refractivity contribution in [1.82, 2.24) is 0 Å². The first-order valence-corrected chi connectivity index (χ1v) is 7.52. The third-order valence-corrected chi connectivity index (χ3v) is 4.47. The van der Waals surface area contributed by atoms with Gasteiger partial charge in [-0.05, 0) is 44.2 Å². The number of nitrogens with zero attached hydrogens (tertiary/aromatic N) is 1. The second-order valence-electron chi connectivity index (χ2n) is 6.47. The number of carboxylic acids is 1. The average molecular weight is 291 g/mol. The van der Waals surface area contributed by atoms with Gasteiger partial charge in [0.2, 0.25) is 0 Å². The van der Waals surface area contributed by atoms with Crippen molar-refractivity contribution in [3.8, 4) is 5.75 Å². The highest BCUT2D eigenvalue weighted by atomic mass is 16.5. The van der Waals surface area contributed by atoms with Gasteiger partial charge < -0.3 is 14.7 Å².